The minimum absolute atomic E-state index is 0.540. The Labute approximate surface area is 110 Å². The lowest BCUT2D eigenvalue weighted by atomic mass is 9.83. The third kappa shape index (κ3) is 1.94. The first-order chi connectivity index (χ1) is 8.77. The average molecular weight is 242 g/mol. The van der Waals surface area contributed by atoms with E-state index in [-0.39, 0.29) is 0 Å². The second-order valence-electron chi connectivity index (χ2n) is 5.78. The van der Waals surface area contributed by atoms with Crippen LogP contribution in [0.1, 0.15) is 39.5 Å². The van der Waals surface area contributed by atoms with Crippen LogP contribution in [0, 0.1) is 5.92 Å². The van der Waals surface area contributed by atoms with E-state index < -0.39 is 0 Å². The van der Waals surface area contributed by atoms with Gasteiger partial charge in [-0.05, 0) is 38.8 Å². The van der Waals surface area contributed by atoms with Crippen molar-refractivity contribution in [2.24, 2.45) is 10.9 Å². The number of fused-ring (bicyclic) bond motifs is 2. The van der Waals surface area contributed by atoms with E-state index in [1.807, 2.05) is 0 Å². The zero-order valence-electron chi connectivity index (χ0n) is 11.3. The summed E-state index contributed by atoms with van der Waals surface area (Å²) in [6.07, 6.45) is 7.54. The predicted octanol–water partition coefficient (Wildman–Crippen LogP) is 4.18. The van der Waals surface area contributed by atoms with E-state index in [0.29, 0.717) is 18.0 Å². The third-order valence-corrected chi connectivity index (χ3v) is 4.26. The largest absolute Gasteiger partial charge is 0.364 e. The monoisotopic (exact) mass is 242 g/mol. The van der Waals surface area contributed by atoms with Crippen molar-refractivity contribution < 1.29 is 0 Å². The number of nitrogens with zero attached hydrogens (tertiary/aromatic N) is 2. The first kappa shape index (κ1) is 11.8. The van der Waals surface area contributed by atoms with Gasteiger partial charge in [0.1, 0.15) is 0 Å². The topological polar surface area (TPSA) is 15.6 Å². The van der Waals surface area contributed by atoms with E-state index in [2.05, 4.69) is 49.2 Å². The Bertz CT molecular complexity index is 450. The second-order valence-corrected chi connectivity index (χ2v) is 5.78. The van der Waals surface area contributed by atoms with Crippen molar-refractivity contribution >= 4 is 17.6 Å². The Morgan fingerprint density at radius 2 is 1.94 bits per heavy atom. The lowest BCUT2D eigenvalue weighted by molar-refractivity contribution is 0.352. The average Bonchev–Trinajstić information content (AvgIpc) is 2.55. The summed E-state index contributed by atoms with van der Waals surface area (Å²) in [6, 6.07) is 9.77. The molecule has 1 fully saturated rings. The zero-order chi connectivity index (χ0) is 12.5. The number of hydrogen-bond acceptors (Lipinski definition) is 2. The molecule has 18 heavy (non-hydrogen) atoms. The second kappa shape index (κ2) is 4.75. The van der Waals surface area contributed by atoms with Crippen LogP contribution in [0.2, 0.25) is 0 Å². The Hall–Kier alpha value is -1.31. The smallest absolute Gasteiger partial charge is 0.0859 e. The number of hydrogen-bond donors (Lipinski definition) is 0. The van der Waals surface area contributed by atoms with E-state index in [1.54, 1.807) is 0 Å². The Kier molecular flexibility index (Phi) is 3.11. The van der Waals surface area contributed by atoms with Gasteiger partial charge in [-0.15, -0.1) is 0 Å². The Morgan fingerprint density at radius 3 is 2.78 bits per heavy atom. The molecule has 0 saturated heterocycles. The molecular formula is C16H22N2. The molecule has 1 heterocycles. The minimum atomic E-state index is 0.540. The van der Waals surface area contributed by atoms with Crippen LogP contribution in [0.25, 0.3) is 0 Å². The summed E-state index contributed by atoms with van der Waals surface area (Å²) in [5.74, 6) is 0.633. The molecule has 0 bridgehead atoms. The highest BCUT2D eigenvalue weighted by molar-refractivity contribution is 5.78. The summed E-state index contributed by atoms with van der Waals surface area (Å²) < 4.78 is 0. The maximum Gasteiger partial charge on any atom is 0.0859 e. The third-order valence-electron chi connectivity index (χ3n) is 4.26. The Morgan fingerprint density at radius 1 is 1.17 bits per heavy atom. The first-order valence-corrected chi connectivity index (χ1v) is 7.19. The van der Waals surface area contributed by atoms with Crippen LogP contribution in [-0.2, 0) is 0 Å². The van der Waals surface area contributed by atoms with Crippen LogP contribution in [-0.4, -0.2) is 18.3 Å². The fraction of sp³-hybridized carbons (Fsp3) is 0.562. The molecular weight excluding hydrogens is 220 g/mol. The number of benzene rings is 1. The summed E-state index contributed by atoms with van der Waals surface area (Å²) in [4.78, 5) is 7.34. The number of rotatable bonds is 1. The molecule has 1 aromatic carbocycles. The summed E-state index contributed by atoms with van der Waals surface area (Å²) in [7, 11) is 0. The molecule has 2 nitrogen and oxygen atoms in total. The molecule has 0 amide bonds. The maximum atomic E-state index is 4.74. The van der Waals surface area contributed by atoms with E-state index in [1.165, 1.54) is 31.4 Å². The lowest BCUT2D eigenvalue weighted by Crippen LogP contribution is -2.46. The highest BCUT2D eigenvalue weighted by Crippen LogP contribution is 2.39. The molecule has 2 aliphatic rings. The quantitative estimate of drug-likeness (QED) is 0.721. The van der Waals surface area contributed by atoms with Crippen molar-refractivity contribution in [2.75, 3.05) is 4.90 Å². The number of para-hydroxylation sites is 2. The van der Waals surface area contributed by atoms with Gasteiger partial charge < -0.3 is 4.90 Å². The van der Waals surface area contributed by atoms with Gasteiger partial charge in [0, 0.05) is 24.2 Å². The Balaban J connectivity index is 2.07. The molecule has 2 atom stereocenters. The molecule has 0 radical (unpaired) electrons. The zero-order valence-corrected chi connectivity index (χ0v) is 11.3. The van der Waals surface area contributed by atoms with Crippen LogP contribution in [0.3, 0.4) is 0 Å². The summed E-state index contributed by atoms with van der Waals surface area (Å²) in [5, 5.41) is 0. The van der Waals surface area contributed by atoms with Gasteiger partial charge in [-0.25, -0.2) is 0 Å². The minimum Gasteiger partial charge on any atom is -0.364 e. The van der Waals surface area contributed by atoms with Gasteiger partial charge in [0.2, 0.25) is 0 Å². The van der Waals surface area contributed by atoms with Crippen molar-refractivity contribution in [1.29, 1.82) is 0 Å². The highest BCUT2D eigenvalue weighted by Gasteiger charge is 2.33. The van der Waals surface area contributed by atoms with Gasteiger partial charge in [-0.3, -0.25) is 4.99 Å². The van der Waals surface area contributed by atoms with Crippen LogP contribution in [0.4, 0.5) is 11.4 Å². The van der Waals surface area contributed by atoms with Gasteiger partial charge in [0.25, 0.3) is 0 Å². The summed E-state index contributed by atoms with van der Waals surface area (Å²) >= 11 is 0. The summed E-state index contributed by atoms with van der Waals surface area (Å²) in [5.41, 5.74) is 2.46. The van der Waals surface area contributed by atoms with Crippen LogP contribution in [0.15, 0.2) is 29.3 Å². The molecule has 3 rings (SSSR count). The van der Waals surface area contributed by atoms with E-state index >= 15 is 0 Å². The molecule has 1 aromatic rings. The molecule has 96 valence electrons. The van der Waals surface area contributed by atoms with Crippen molar-refractivity contribution in [3.8, 4) is 0 Å². The normalized spacial score (nSPS) is 26.7. The maximum absolute atomic E-state index is 4.74. The molecule has 0 N–H and O–H groups in total. The van der Waals surface area contributed by atoms with Gasteiger partial charge in [0.05, 0.1) is 11.4 Å². The van der Waals surface area contributed by atoms with Crippen molar-refractivity contribution in [3.63, 3.8) is 0 Å². The molecule has 1 aliphatic heterocycles. The number of aliphatic imine (C=N–C) groups is 1. The standard InChI is InChI=1S/C16H22N2/c1-12(2)18-15-9-5-3-7-13(15)11-17-14-8-4-6-10-16(14)18/h4,6,8,10-13,15H,3,5,7,9H2,1-2H3. The van der Waals surface area contributed by atoms with Crippen molar-refractivity contribution in [2.45, 2.75) is 51.6 Å². The number of anilines is 1. The molecule has 2 unspecified atom stereocenters. The lowest BCUT2D eigenvalue weighted by Gasteiger charge is -2.41. The fourth-order valence-corrected chi connectivity index (χ4v) is 3.47. The molecule has 0 aromatic heterocycles. The van der Waals surface area contributed by atoms with Gasteiger partial charge in [0.15, 0.2) is 0 Å². The van der Waals surface area contributed by atoms with Crippen molar-refractivity contribution in [1.82, 2.24) is 0 Å². The van der Waals surface area contributed by atoms with Gasteiger partial charge in [-0.2, -0.15) is 0 Å². The predicted molar refractivity (Wildman–Crippen MR) is 78.0 cm³/mol. The fourth-order valence-electron chi connectivity index (χ4n) is 3.47. The SMILES string of the molecule is CC(C)N1c2ccccc2N=CC2CCCCC21. The van der Waals surface area contributed by atoms with Gasteiger partial charge in [-0.1, -0.05) is 25.0 Å². The van der Waals surface area contributed by atoms with E-state index in [4.69, 9.17) is 4.99 Å². The van der Waals surface area contributed by atoms with E-state index in [0.717, 1.165) is 5.69 Å². The van der Waals surface area contributed by atoms with Crippen LogP contribution in [0.5, 0.6) is 0 Å². The molecule has 1 saturated carbocycles. The molecule has 1 aliphatic carbocycles. The summed E-state index contributed by atoms with van der Waals surface area (Å²) in [6.45, 7) is 4.60. The van der Waals surface area contributed by atoms with Crippen molar-refractivity contribution in [3.05, 3.63) is 24.3 Å². The van der Waals surface area contributed by atoms with Crippen LogP contribution < -0.4 is 4.90 Å². The molecule has 2 heteroatoms. The van der Waals surface area contributed by atoms with Crippen LogP contribution >= 0.6 is 0 Å². The highest BCUT2D eigenvalue weighted by atomic mass is 15.2. The molecule has 0 spiro atoms. The van der Waals surface area contributed by atoms with Gasteiger partial charge >= 0.3 is 0 Å². The van der Waals surface area contributed by atoms with E-state index in [9.17, 15) is 0 Å². The first-order valence-electron chi connectivity index (χ1n) is 7.19.